The number of quaternary nitrogens is 2. The Morgan fingerprint density at radius 2 is 1.59 bits per heavy atom. The molecule has 1 aromatic carbocycles. The van der Waals surface area contributed by atoms with Crippen LogP contribution in [0.25, 0.3) is 0 Å². The molecule has 0 saturated heterocycles. The molecular weight excluding hydrogens is 432 g/mol. The summed E-state index contributed by atoms with van der Waals surface area (Å²) < 4.78 is 1.39. The zero-order valence-corrected chi connectivity index (χ0v) is 21.6. The maximum absolute atomic E-state index is 13.9. The number of hydrogen-bond acceptors (Lipinski definition) is 6. The predicted molar refractivity (Wildman–Crippen MR) is 134 cm³/mol. The van der Waals surface area contributed by atoms with E-state index in [1.807, 2.05) is 28.1 Å². The minimum Gasteiger partial charge on any atom is -0.508 e. The Hall–Kier alpha value is -2.52. The minimum atomic E-state index is -1.79. The number of rotatable bonds is 8. The van der Waals surface area contributed by atoms with Gasteiger partial charge in [-0.2, -0.15) is 0 Å². The van der Waals surface area contributed by atoms with E-state index in [0.29, 0.717) is 23.3 Å². The Bertz CT molecular complexity index is 1050. The lowest BCUT2D eigenvalue weighted by Crippen LogP contribution is -2.60. The molecule has 0 aromatic heterocycles. The summed E-state index contributed by atoms with van der Waals surface area (Å²) in [5.41, 5.74) is -0.796. The van der Waals surface area contributed by atoms with Crippen molar-refractivity contribution in [2.75, 3.05) is 60.7 Å². The van der Waals surface area contributed by atoms with Crippen LogP contribution in [0.3, 0.4) is 0 Å². The van der Waals surface area contributed by atoms with E-state index in [1.165, 1.54) is 12.2 Å². The van der Waals surface area contributed by atoms with Gasteiger partial charge in [-0.05, 0) is 32.1 Å². The first-order chi connectivity index (χ1) is 15.6. The molecule has 0 heterocycles. The number of likely N-dealkylation sites (N-methyl/N-ethyl adjacent to an activating group) is 2. The second-order valence-corrected chi connectivity index (χ2v) is 11.5. The smallest absolute Gasteiger partial charge is 0.194 e. The average molecular weight is 473 g/mol. The van der Waals surface area contributed by atoms with Gasteiger partial charge in [0.05, 0.1) is 72.6 Å². The molecule has 34 heavy (non-hydrogen) atoms. The Morgan fingerprint density at radius 3 is 2.18 bits per heavy atom. The van der Waals surface area contributed by atoms with E-state index in [9.17, 15) is 19.8 Å². The molecule has 1 aromatic rings. The summed E-state index contributed by atoms with van der Waals surface area (Å²) in [4.78, 5) is 27.3. The van der Waals surface area contributed by atoms with Crippen LogP contribution >= 0.6 is 0 Å². The van der Waals surface area contributed by atoms with Crippen LogP contribution in [0.1, 0.15) is 34.6 Å². The zero-order chi connectivity index (χ0) is 25.6. The molecule has 2 aliphatic carbocycles. The number of ketones is 2. The van der Waals surface area contributed by atoms with Crippen molar-refractivity contribution in [2.24, 2.45) is 5.92 Å². The minimum absolute atomic E-state index is 0.0650. The third-order valence-corrected chi connectivity index (χ3v) is 7.48. The summed E-state index contributed by atoms with van der Waals surface area (Å²) in [5.74, 6) is -2.35. The van der Waals surface area contributed by atoms with Crippen molar-refractivity contribution in [2.45, 2.75) is 31.7 Å². The monoisotopic (exact) mass is 472 g/mol. The second-order valence-electron chi connectivity index (χ2n) is 11.5. The zero-order valence-electron chi connectivity index (χ0n) is 21.6. The number of fused-ring (bicyclic) bond motifs is 2. The highest BCUT2D eigenvalue weighted by molar-refractivity contribution is 6.26. The van der Waals surface area contributed by atoms with E-state index >= 15 is 0 Å². The van der Waals surface area contributed by atoms with Gasteiger partial charge in [0.25, 0.3) is 0 Å². The first kappa shape index (κ1) is 26.1. The van der Waals surface area contributed by atoms with E-state index in [4.69, 9.17) is 0 Å². The van der Waals surface area contributed by atoms with Gasteiger partial charge < -0.3 is 24.5 Å². The first-order valence-electron chi connectivity index (χ1n) is 11.8. The number of Topliss-reactive ketones (excluding diaryl/α,β-unsaturated/α-hetero) is 2. The number of carbonyl (C=O) groups excluding carboxylic acids is 2. The first-order valence-corrected chi connectivity index (χ1v) is 11.8. The van der Waals surface area contributed by atoms with Gasteiger partial charge in [-0.1, -0.05) is 12.1 Å². The highest BCUT2D eigenvalue weighted by atomic mass is 16.3. The van der Waals surface area contributed by atoms with Crippen molar-refractivity contribution in [1.29, 1.82) is 0 Å². The number of hydrogen-bond donors (Lipinski definition) is 4. The molecule has 0 amide bonds. The maximum Gasteiger partial charge on any atom is 0.194 e. The van der Waals surface area contributed by atoms with Crippen molar-refractivity contribution >= 4 is 17.3 Å². The van der Waals surface area contributed by atoms with Gasteiger partial charge in [0, 0.05) is 11.3 Å². The Balaban J connectivity index is 2.00. The van der Waals surface area contributed by atoms with Crippen LogP contribution in [0.4, 0.5) is 5.69 Å². The molecule has 0 saturated carbocycles. The number of allylic oxidation sites excluding steroid dienone is 1. The summed E-state index contributed by atoms with van der Waals surface area (Å²) in [6.07, 6.45) is 2.68. The van der Waals surface area contributed by atoms with Crippen molar-refractivity contribution in [1.82, 2.24) is 5.32 Å². The van der Waals surface area contributed by atoms with Crippen molar-refractivity contribution in [3.05, 3.63) is 52.8 Å². The Kier molecular flexibility index (Phi) is 6.85. The number of aliphatic hydroxyl groups is 2. The molecular formula is C26H40N4O4+2. The van der Waals surface area contributed by atoms with Gasteiger partial charge in [-0.15, -0.1) is 0 Å². The summed E-state index contributed by atoms with van der Waals surface area (Å²) in [5, 5.41) is 28.6. The highest BCUT2D eigenvalue weighted by Gasteiger charge is 2.52. The molecule has 4 atom stereocenters. The van der Waals surface area contributed by atoms with Crippen LogP contribution in [0, 0.1) is 5.92 Å². The third-order valence-electron chi connectivity index (χ3n) is 7.48. The number of benzene rings is 1. The van der Waals surface area contributed by atoms with Crippen LogP contribution in [0.2, 0.25) is 0 Å². The Labute approximate surface area is 202 Å². The molecule has 3 rings (SSSR count). The molecule has 0 fully saturated rings. The lowest BCUT2D eigenvalue weighted by molar-refractivity contribution is -0.892. The molecule has 186 valence electrons. The van der Waals surface area contributed by atoms with Gasteiger partial charge in [-0.25, -0.2) is 0 Å². The number of aliphatic hydroxyl groups excluding tert-OH is 1. The van der Waals surface area contributed by atoms with Crippen molar-refractivity contribution in [3.63, 3.8) is 0 Å². The van der Waals surface area contributed by atoms with Gasteiger partial charge >= 0.3 is 0 Å². The molecule has 0 bridgehead atoms. The van der Waals surface area contributed by atoms with E-state index in [1.54, 1.807) is 18.2 Å². The normalized spacial score (nSPS) is 24.6. The fraction of sp³-hybridized carbons (Fsp3) is 0.538. The molecule has 4 unspecified atom stereocenters. The van der Waals surface area contributed by atoms with Crippen LogP contribution in [-0.2, 0) is 0 Å². The van der Waals surface area contributed by atoms with E-state index in [-0.39, 0.29) is 34.5 Å². The Morgan fingerprint density at radius 1 is 1.00 bits per heavy atom. The summed E-state index contributed by atoms with van der Waals surface area (Å²) in [7, 11) is 12.4. The van der Waals surface area contributed by atoms with Gasteiger partial charge in [0.1, 0.15) is 23.4 Å². The van der Waals surface area contributed by atoms with Gasteiger partial charge in [0.2, 0.25) is 0 Å². The summed E-state index contributed by atoms with van der Waals surface area (Å²) in [6.45, 7) is 5.16. The second kappa shape index (κ2) is 8.92. The molecule has 0 radical (unpaired) electrons. The van der Waals surface area contributed by atoms with Gasteiger partial charge in [0.15, 0.2) is 11.6 Å². The molecule has 8 heteroatoms. The summed E-state index contributed by atoms with van der Waals surface area (Å²) in [6, 6.07) is 5.48. The van der Waals surface area contributed by atoms with Crippen LogP contribution in [0.15, 0.2) is 41.7 Å². The van der Waals surface area contributed by atoms with E-state index in [0.717, 1.165) is 4.48 Å². The average Bonchev–Trinajstić information content (AvgIpc) is 2.74. The fourth-order valence-electron chi connectivity index (χ4n) is 4.06. The van der Waals surface area contributed by atoms with Crippen LogP contribution in [-0.4, -0.2) is 104 Å². The predicted octanol–water partition coefficient (Wildman–Crippen LogP) is 1.94. The number of nitrogens with one attached hydrogen (secondary N) is 2. The fourth-order valence-corrected chi connectivity index (χ4v) is 4.06. The topological polar surface area (TPSA) is 98.7 Å². The molecule has 2 aliphatic rings. The number of nitrogens with zero attached hydrogens (tertiary/aromatic N) is 2. The molecule has 8 nitrogen and oxygen atoms in total. The largest absolute Gasteiger partial charge is 0.508 e. The van der Waals surface area contributed by atoms with E-state index in [2.05, 4.69) is 38.7 Å². The van der Waals surface area contributed by atoms with Crippen molar-refractivity contribution in [3.8, 4) is 0 Å². The standard InChI is InChI=1S/C26H38N4O4/c1-16(29(3,4)5)14-27-19-11-9-10-18-21(19)25(33)23-22(24(18)32)20(31)12-13-26(23,34)28-15-17(2)30(6,7)8/h9-13,16-17,23,28,34H,14-15H2,1-8H3/p+2. The maximum atomic E-state index is 13.9. The summed E-state index contributed by atoms with van der Waals surface area (Å²) >= 11 is 0. The molecule has 0 spiro atoms. The number of anilines is 1. The molecule has 0 aliphatic heterocycles. The quantitative estimate of drug-likeness (QED) is 0.341. The lowest BCUT2D eigenvalue weighted by atomic mass is 9.70. The molecule has 4 N–H and O–H groups in total. The van der Waals surface area contributed by atoms with E-state index < -0.39 is 23.2 Å². The van der Waals surface area contributed by atoms with Gasteiger partial charge in [-0.3, -0.25) is 14.9 Å². The third kappa shape index (κ3) is 4.81. The SMILES string of the molecule is CC(CNc1cccc2c1C(=O)C1C(=C(O)C=CC1(O)NCC(C)[N+](C)(C)C)C2=O)[N+](C)(C)C. The van der Waals surface area contributed by atoms with Crippen molar-refractivity contribution < 1.29 is 28.8 Å². The lowest BCUT2D eigenvalue weighted by Gasteiger charge is -2.41. The van der Waals surface area contributed by atoms with Crippen LogP contribution < -0.4 is 10.6 Å². The number of carbonyl (C=O) groups is 2. The highest BCUT2D eigenvalue weighted by Crippen LogP contribution is 2.42. The van der Waals surface area contributed by atoms with Crippen LogP contribution in [0.5, 0.6) is 0 Å².